The minimum absolute atomic E-state index is 0.442. The van der Waals surface area contributed by atoms with E-state index in [4.69, 9.17) is 11.6 Å². The molecule has 0 saturated heterocycles. The van der Waals surface area contributed by atoms with Crippen LogP contribution in [0.2, 0.25) is 5.02 Å². The smallest absolute Gasteiger partial charge is 0.101 e. The molecule has 20 heavy (non-hydrogen) atoms. The zero-order valence-electron chi connectivity index (χ0n) is 11.4. The summed E-state index contributed by atoms with van der Waals surface area (Å²) in [5.74, 6) is 0. The first kappa shape index (κ1) is 15.8. The van der Waals surface area contributed by atoms with Crippen LogP contribution in [0.5, 0.6) is 0 Å². The molecule has 0 spiro atoms. The van der Waals surface area contributed by atoms with Gasteiger partial charge in [-0.3, -0.25) is 0 Å². The van der Waals surface area contributed by atoms with E-state index < -0.39 is 0 Å². The Bertz CT molecular complexity index is 573. The molecule has 0 fully saturated rings. The molecule has 1 heterocycles. The molecule has 2 rings (SSSR count). The van der Waals surface area contributed by atoms with Crippen LogP contribution in [0.1, 0.15) is 19.4 Å². The van der Waals surface area contributed by atoms with Gasteiger partial charge in [-0.1, -0.05) is 37.2 Å². The molecule has 1 aromatic carbocycles. The lowest BCUT2D eigenvalue weighted by molar-refractivity contribution is 0.585. The van der Waals surface area contributed by atoms with Crippen LogP contribution in [0.15, 0.2) is 50.9 Å². The van der Waals surface area contributed by atoms with E-state index in [-0.39, 0.29) is 0 Å². The molecule has 1 aromatic heterocycles. The molecule has 0 aliphatic carbocycles. The van der Waals surface area contributed by atoms with Crippen molar-refractivity contribution >= 4 is 39.3 Å². The topological polar surface area (TPSA) is 24.9 Å². The molecule has 0 aliphatic rings. The van der Waals surface area contributed by atoms with Crippen molar-refractivity contribution in [2.24, 2.45) is 0 Å². The maximum absolute atomic E-state index is 6.10. The SMILES string of the molecule is CC(C)NCc1cc(Cl)ccc1Sc1ccc(Br)cn1. The number of benzene rings is 1. The predicted molar refractivity (Wildman–Crippen MR) is 89.5 cm³/mol. The molecule has 0 atom stereocenters. The number of hydrogen-bond donors (Lipinski definition) is 1. The third kappa shape index (κ3) is 4.77. The number of nitrogens with zero attached hydrogens (tertiary/aromatic N) is 1. The standard InChI is InChI=1S/C15H16BrClN2S/c1-10(2)18-8-11-7-13(17)4-5-14(11)20-15-6-3-12(16)9-19-15/h3-7,9-10,18H,8H2,1-2H3. The molecule has 0 amide bonds. The Hall–Kier alpha value is -0.550. The van der Waals surface area contributed by atoms with E-state index in [1.807, 2.05) is 36.5 Å². The molecule has 0 bridgehead atoms. The molecule has 5 heteroatoms. The van der Waals surface area contributed by atoms with Crippen molar-refractivity contribution in [3.05, 3.63) is 51.6 Å². The summed E-state index contributed by atoms with van der Waals surface area (Å²) in [6.07, 6.45) is 1.81. The molecular formula is C15H16BrClN2S. The Morgan fingerprint density at radius 2 is 2.10 bits per heavy atom. The van der Waals surface area contributed by atoms with Crippen LogP contribution in [0.25, 0.3) is 0 Å². The Morgan fingerprint density at radius 1 is 1.30 bits per heavy atom. The van der Waals surface area contributed by atoms with Crippen molar-refractivity contribution in [3.63, 3.8) is 0 Å². The summed E-state index contributed by atoms with van der Waals surface area (Å²) < 4.78 is 0.986. The first-order chi connectivity index (χ1) is 9.54. The van der Waals surface area contributed by atoms with Crippen molar-refractivity contribution in [2.75, 3.05) is 0 Å². The summed E-state index contributed by atoms with van der Waals surface area (Å²) >= 11 is 11.1. The van der Waals surface area contributed by atoms with Gasteiger partial charge < -0.3 is 5.32 Å². The zero-order chi connectivity index (χ0) is 14.5. The molecule has 2 aromatic rings. The first-order valence-corrected chi connectivity index (χ1v) is 8.34. The van der Waals surface area contributed by atoms with Crippen molar-refractivity contribution in [1.82, 2.24) is 10.3 Å². The van der Waals surface area contributed by atoms with Gasteiger partial charge in [0.25, 0.3) is 0 Å². The Balaban J connectivity index is 2.19. The molecule has 2 nitrogen and oxygen atoms in total. The van der Waals surface area contributed by atoms with E-state index in [9.17, 15) is 0 Å². The minimum Gasteiger partial charge on any atom is -0.310 e. The van der Waals surface area contributed by atoms with Crippen molar-refractivity contribution in [3.8, 4) is 0 Å². The first-order valence-electron chi connectivity index (χ1n) is 6.36. The highest BCUT2D eigenvalue weighted by Crippen LogP contribution is 2.31. The summed E-state index contributed by atoms with van der Waals surface area (Å²) in [7, 11) is 0. The van der Waals surface area contributed by atoms with E-state index in [0.717, 1.165) is 21.1 Å². The molecule has 0 radical (unpaired) electrons. The second-order valence-electron chi connectivity index (χ2n) is 4.70. The van der Waals surface area contributed by atoms with Crippen LogP contribution in [-0.4, -0.2) is 11.0 Å². The van der Waals surface area contributed by atoms with Crippen LogP contribution in [0.3, 0.4) is 0 Å². The minimum atomic E-state index is 0.442. The summed E-state index contributed by atoms with van der Waals surface area (Å²) in [6.45, 7) is 5.07. The average molecular weight is 372 g/mol. The van der Waals surface area contributed by atoms with E-state index in [1.165, 1.54) is 10.5 Å². The summed E-state index contributed by atoms with van der Waals surface area (Å²) in [5, 5.41) is 5.16. The number of rotatable bonds is 5. The largest absolute Gasteiger partial charge is 0.310 e. The maximum Gasteiger partial charge on any atom is 0.101 e. The summed E-state index contributed by atoms with van der Waals surface area (Å²) in [5.41, 5.74) is 1.20. The quantitative estimate of drug-likeness (QED) is 0.787. The van der Waals surface area contributed by atoms with E-state index in [2.05, 4.69) is 40.1 Å². The highest BCUT2D eigenvalue weighted by molar-refractivity contribution is 9.10. The maximum atomic E-state index is 6.10. The van der Waals surface area contributed by atoms with Gasteiger partial charge in [0.2, 0.25) is 0 Å². The Morgan fingerprint density at radius 3 is 2.75 bits per heavy atom. The molecule has 0 unspecified atom stereocenters. The van der Waals surface area contributed by atoms with Crippen LogP contribution in [-0.2, 0) is 6.54 Å². The second-order valence-corrected chi connectivity index (χ2v) is 7.12. The fraction of sp³-hybridized carbons (Fsp3) is 0.267. The van der Waals surface area contributed by atoms with E-state index in [1.54, 1.807) is 11.8 Å². The Kier molecular flexibility index (Phi) is 5.90. The monoisotopic (exact) mass is 370 g/mol. The van der Waals surface area contributed by atoms with Crippen molar-refractivity contribution in [2.45, 2.75) is 36.4 Å². The van der Waals surface area contributed by atoms with Crippen LogP contribution in [0.4, 0.5) is 0 Å². The fourth-order valence-electron chi connectivity index (χ4n) is 1.64. The van der Waals surface area contributed by atoms with Gasteiger partial charge >= 0.3 is 0 Å². The fourth-order valence-corrected chi connectivity index (χ4v) is 2.93. The van der Waals surface area contributed by atoms with Gasteiger partial charge in [-0.05, 0) is 51.8 Å². The summed E-state index contributed by atoms with van der Waals surface area (Å²) in [6, 6.07) is 10.4. The van der Waals surface area contributed by atoms with Gasteiger partial charge in [-0.25, -0.2) is 4.98 Å². The number of nitrogens with one attached hydrogen (secondary N) is 1. The normalized spacial score (nSPS) is 11.1. The van der Waals surface area contributed by atoms with Crippen LogP contribution < -0.4 is 5.32 Å². The predicted octanol–water partition coefficient (Wildman–Crippen LogP) is 5.15. The zero-order valence-corrected chi connectivity index (χ0v) is 14.5. The lowest BCUT2D eigenvalue weighted by Gasteiger charge is -2.12. The molecule has 0 aliphatic heterocycles. The lowest BCUT2D eigenvalue weighted by Crippen LogP contribution is -2.22. The average Bonchev–Trinajstić information content (AvgIpc) is 2.41. The number of pyridine rings is 1. The van der Waals surface area contributed by atoms with Gasteiger partial charge in [0.15, 0.2) is 0 Å². The molecule has 106 valence electrons. The van der Waals surface area contributed by atoms with Crippen LogP contribution in [0, 0.1) is 0 Å². The van der Waals surface area contributed by atoms with Gasteiger partial charge in [-0.2, -0.15) is 0 Å². The molecular weight excluding hydrogens is 356 g/mol. The van der Waals surface area contributed by atoms with E-state index in [0.29, 0.717) is 6.04 Å². The number of halogens is 2. The second kappa shape index (κ2) is 7.46. The van der Waals surface area contributed by atoms with Gasteiger partial charge in [0, 0.05) is 33.2 Å². The summed E-state index contributed by atoms with van der Waals surface area (Å²) in [4.78, 5) is 5.57. The molecule has 0 saturated carbocycles. The number of hydrogen-bond acceptors (Lipinski definition) is 3. The van der Waals surface area contributed by atoms with Gasteiger partial charge in [0.1, 0.15) is 5.03 Å². The Labute approximate surface area is 137 Å². The van der Waals surface area contributed by atoms with Crippen LogP contribution >= 0.6 is 39.3 Å². The third-order valence-corrected chi connectivity index (χ3v) is 4.41. The van der Waals surface area contributed by atoms with E-state index >= 15 is 0 Å². The molecule has 1 N–H and O–H groups in total. The number of aromatic nitrogens is 1. The van der Waals surface area contributed by atoms with Crippen molar-refractivity contribution in [1.29, 1.82) is 0 Å². The third-order valence-electron chi connectivity index (χ3n) is 2.64. The lowest BCUT2D eigenvalue weighted by atomic mass is 10.2. The van der Waals surface area contributed by atoms with Gasteiger partial charge in [-0.15, -0.1) is 0 Å². The highest BCUT2D eigenvalue weighted by Gasteiger charge is 2.07. The van der Waals surface area contributed by atoms with Crippen molar-refractivity contribution < 1.29 is 0 Å². The van der Waals surface area contributed by atoms with Gasteiger partial charge in [0.05, 0.1) is 0 Å². The highest BCUT2D eigenvalue weighted by atomic mass is 79.9.